The topological polar surface area (TPSA) is 143 Å². The van der Waals surface area contributed by atoms with Gasteiger partial charge in [-0.1, -0.05) is 42.0 Å². The first-order valence-corrected chi connectivity index (χ1v) is 8.59. The van der Waals surface area contributed by atoms with E-state index in [1.54, 1.807) is 12.1 Å². The summed E-state index contributed by atoms with van der Waals surface area (Å²) in [6, 6.07) is 13.9. The Morgan fingerprint density at radius 1 is 1.03 bits per heavy atom. The molecule has 3 rings (SSSR count). The van der Waals surface area contributed by atoms with Gasteiger partial charge in [-0.05, 0) is 30.2 Å². The van der Waals surface area contributed by atoms with Crippen molar-refractivity contribution in [2.75, 3.05) is 5.73 Å². The van der Waals surface area contributed by atoms with Crippen molar-refractivity contribution in [3.8, 4) is 16.9 Å². The number of aromatic amines is 1. The number of anilines is 1. The zero-order valence-electron chi connectivity index (χ0n) is 15.4. The van der Waals surface area contributed by atoms with E-state index in [0.717, 1.165) is 11.1 Å². The van der Waals surface area contributed by atoms with Gasteiger partial charge in [0.25, 0.3) is 5.56 Å². The Morgan fingerprint density at radius 2 is 1.72 bits per heavy atom. The van der Waals surface area contributed by atoms with Gasteiger partial charge in [0.05, 0.1) is 0 Å². The number of aryl methyl sites for hydroxylation is 1. The minimum absolute atomic E-state index is 0.194. The number of H-pyrrole nitrogens is 1. The number of carboxylic acid groups (broad SMARTS) is 2. The molecular formula is C21H18N2O6. The van der Waals surface area contributed by atoms with Crippen LogP contribution in [-0.2, 0) is 6.61 Å². The molecule has 0 aliphatic heterocycles. The lowest BCUT2D eigenvalue weighted by molar-refractivity contribution is 0.0695. The van der Waals surface area contributed by atoms with Crippen LogP contribution in [0.25, 0.3) is 11.1 Å². The molecule has 1 heterocycles. The van der Waals surface area contributed by atoms with Gasteiger partial charge in [-0.25, -0.2) is 9.59 Å². The number of benzene rings is 2. The highest BCUT2D eigenvalue weighted by atomic mass is 16.5. The Morgan fingerprint density at radius 3 is 2.38 bits per heavy atom. The van der Waals surface area contributed by atoms with E-state index < -0.39 is 34.4 Å². The highest BCUT2D eigenvalue weighted by Crippen LogP contribution is 2.31. The maximum atomic E-state index is 12.1. The third kappa shape index (κ3) is 4.11. The van der Waals surface area contributed by atoms with Crippen molar-refractivity contribution in [2.45, 2.75) is 13.5 Å². The minimum Gasteiger partial charge on any atom is -0.489 e. The second-order valence-corrected chi connectivity index (χ2v) is 6.41. The third-order valence-electron chi connectivity index (χ3n) is 4.28. The van der Waals surface area contributed by atoms with Crippen molar-refractivity contribution >= 4 is 17.8 Å². The number of rotatable bonds is 6. The number of hydrogen-bond acceptors (Lipinski definition) is 5. The molecule has 0 bridgehead atoms. The van der Waals surface area contributed by atoms with Gasteiger partial charge in [0.15, 0.2) is 0 Å². The largest absolute Gasteiger partial charge is 0.489 e. The summed E-state index contributed by atoms with van der Waals surface area (Å²) in [5, 5.41) is 19.0. The van der Waals surface area contributed by atoms with Crippen LogP contribution < -0.4 is 16.0 Å². The lowest BCUT2D eigenvalue weighted by Gasteiger charge is -2.13. The summed E-state index contributed by atoms with van der Waals surface area (Å²) in [6.45, 7) is 2.22. The number of aromatic nitrogens is 1. The Balaban J connectivity index is 2.07. The Labute approximate surface area is 165 Å². The standard InChI is InChI=1S/C21H18N2O6/c1-11-4-2-5-12(8-11)10-29-14-7-3-6-13(9-14)15-16(20(25)26)18(22)23-19(24)17(15)21(27)28/h2-9H,10H2,1H3,(H,25,26)(H,27,28)(H3,22,23,24). The molecule has 148 valence electrons. The molecule has 0 unspecified atom stereocenters. The van der Waals surface area contributed by atoms with Gasteiger partial charge in [0, 0.05) is 5.56 Å². The zero-order valence-corrected chi connectivity index (χ0v) is 15.4. The first-order chi connectivity index (χ1) is 13.8. The lowest BCUT2D eigenvalue weighted by atomic mass is 9.95. The molecule has 0 amide bonds. The normalized spacial score (nSPS) is 10.5. The van der Waals surface area contributed by atoms with Crippen molar-refractivity contribution in [3.05, 3.63) is 81.1 Å². The quantitative estimate of drug-likeness (QED) is 0.503. The monoisotopic (exact) mass is 394 g/mol. The van der Waals surface area contributed by atoms with Crippen LogP contribution in [0.15, 0.2) is 53.3 Å². The van der Waals surface area contributed by atoms with Gasteiger partial charge in [-0.2, -0.15) is 0 Å². The molecule has 2 aromatic carbocycles. The number of carboxylic acids is 2. The average molecular weight is 394 g/mol. The zero-order chi connectivity index (χ0) is 21.1. The second kappa shape index (κ2) is 7.89. The molecule has 0 aliphatic carbocycles. The fraction of sp³-hybridized carbons (Fsp3) is 0.0952. The van der Waals surface area contributed by atoms with Gasteiger partial charge in [0.1, 0.15) is 29.3 Å². The smallest absolute Gasteiger partial charge is 0.342 e. The number of hydrogen-bond donors (Lipinski definition) is 4. The Bertz CT molecular complexity index is 1170. The van der Waals surface area contributed by atoms with E-state index in [4.69, 9.17) is 10.5 Å². The van der Waals surface area contributed by atoms with Crippen molar-refractivity contribution < 1.29 is 24.5 Å². The molecule has 8 nitrogen and oxygen atoms in total. The van der Waals surface area contributed by atoms with Gasteiger partial charge >= 0.3 is 11.9 Å². The van der Waals surface area contributed by atoms with Crippen LogP contribution in [0, 0.1) is 6.92 Å². The molecular weight excluding hydrogens is 376 g/mol. The fourth-order valence-corrected chi connectivity index (χ4v) is 3.05. The van der Waals surface area contributed by atoms with E-state index in [1.165, 1.54) is 12.1 Å². The predicted octanol–water partition coefficient (Wildman–Crippen LogP) is 2.91. The minimum atomic E-state index is -1.56. The number of nitrogen functional groups attached to an aromatic ring is 1. The van der Waals surface area contributed by atoms with Crippen molar-refractivity contribution in [1.29, 1.82) is 0 Å². The molecule has 5 N–H and O–H groups in total. The molecule has 3 aromatic rings. The number of carbonyl (C=O) groups is 2. The molecule has 0 aliphatic rings. The van der Waals surface area contributed by atoms with E-state index in [1.807, 2.05) is 31.2 Å². The molecule has 1 aromatic heterocycles. The van der Waals surface area contributed by atoms with E-state index in [-0.39, 0.29) is 17.7 Å². The van der Waals surface area contributed by atoms with Crippen LogP contribution in [0.2, 0.25) is 0 Å². The first kappa shape index (κ1) is 19.7. The van der Waals surface area contributed by atoms with Gasteiger partial charge in [-0.3, -0.25) is 4.79 Å². The number of aromatic carboxylic acids is 2. The first-order valence-electron chi connectivity index (χ1n) is 8.59. The number of nitrogens with two attached hydrogens (primary N) is 1. The molecule has 0 radical (unpaired) electrons. The van der Waals surface area contributed by atoms with Gasteiger partial charge in [-0.15, -0.1) is 0 Å². The highest BCUT2D eigenvalue weighted by Gasteiger charge is 2.26. The fourth-order valence-electron chi connectivity index (χ4n) is 3.05. The number of nitrogens with one attached hydrogen (secondary N) is 1. The molecule has 29 heavy (non-hydrogen) atoms. The molecule has 8 heteroatoms. The average Bonchev–Trinajstić information content (AvgIpc) is 2.65. The van der Waals surface area contributed by atoms with E-state index >= 15 is 0 Å². The second-order valence-electron chi connectivity index (χ2n) is 6.41. The van der Waals surface area contributed by atoms with Crippen LogP contribution in [-0.4, -0.2) is 27.1 Å². The summed E-state index contributed by atoms with van der Waals surface area (Å²) in [5.74, 6) is -3.05. The summed E-state index contributed by atoms with van der Waals surface area (Å²) < 4.78 is 5.76. The van der Waals surface area contributed by atoms with Crippen molar-refractivity contribution in [2.24, 2.45) is 0 Å². The summed E-state index contributed by atoms with van der Waals surface area (Å²) in [6.07, 6.45) is 0. The van der Waals surface area contributed by atoms with Crippen LogP contribution in [0.4, 0.5) is 5.82 Å². The van der Waals surface area contributed by atoms with E-state index in [2.05, 4.69) is 4.98 Å². The van der Waals surface area contributed by atoms with Crippen LogP contribution in [0.3, 0.4) is 0 Å². The summed E-state index contributed by atoms with van der Waals surface area (Å²) in [7, 11) is 0. The maximum absolute atomic E-state index is 12.1. The molecule has 0 atom stereocenters. The Hall–Kier alpha value is -4.07. The maximum Gasteiger partial charge on any atom is 0.342 e. The van der Waals surface area contributed by atoms with Crippen molar-refractivity contribution in [3.63, 3.8) is 0 Å². The number of pyridine rings is 1. The highest BCUT2D eigenvalue weighted by molar-refractivity contribution is 6.07. The third-order valence-corrected chi connectivity index (χ3v) is 4.28. The molecule has 0 fully saturated rings. The van der Waals surface area contributed by atoms with E-state index in [0.29, 0.717) is 5.75 Å². The Kier molecular flexibility index (Phi) is 5.36. The molecule has 0 saturated carbocycles. The lowest BCUT2D eigenvalue weighted by Crippen LogP contribution is -2.24. The van der Waals surface area contributed by atoms with Gasteiger partial charge in [0.2, 0.25) is 0 Å². The predicted molar refractivity (Wildman–Crippen MR) is 106 cm³/mol. The van der Waals surface area contributed by atoms with Gasteiger partial charge < -0.3 is 25.7 Å². The molecule has 0 spiro atoms. The summed E-state index contributed by atoms with van der Waals surface area (Å²) >= 11 is 0. The molecule has 0 saturated heterocycles. The SMILES string of the molecule is Cc1cccc(COc2cccc(-c3c(C(=O)O)c(N)[nH]c(=O)c3C(=O)O)c2)c1. The van der Waals surface area contributed by atoms with Crippen LogP contribution in [0.1, 0.15) is 31.8 Å². The summed E-state index contributed by atoms with van der Waals surface area (Å²) in [4.78, 5) is 37.6. The van der Waals surface area contributed by atoms with E-state index in [9.17, 15) is 24.6 Å². The van der Waals surface area contributed by atoms with Crippen LogP contribution >= 0.6 is 0 Å². The van der Waals surface area contributed by atoms with Crippen LogP contribution in [0.5, 0.6) is 5.75 Å². The number of ether oxygens (including phenoxy) is 1. The summed E-state index contributed by atoms with van der Waals surface area (Å²) in [5.41, 5.74) is 5.42. The van der Waals surface area contributed by atoms with Crippen molar-refractivity contribution in [1.82, 2.24) is 4.98 Å².